The molecule has 0 radical (unpaired) electrons. The monoisotopic (exact) mass is 328 g/mol. The van der Waals surface area contributed by atoms with E-state index in [9.17, 15) is 13.2 Å². The second-order valence-electron chi connectivity index (χ2n) is 5.76. The first-order chi connectivity index (χ1) is 10.4. The maximum absolute atomic E-state index is 12.4. The summed E-state index contributed by atoms with van der Waals surface area (Å²) in [7, 11) is -3.24. The maximum Gasteiger partial charge on any atom is 0.225 e. The number of hydrogen-bond acceptors (Lipinski definition) is 4. The number of carbonyl (C=O) groups is 1. The van der Waals surface area contributed by atoms with Crippen molar-refractivity contribution in [2.75, 3.05) is 18.8 Å². The number of sulfonamides is 1. The van der Waals surface area contributed by atoms with Gasteiger partial charge in [0.05, 0.1) is 24.0 Å². The molecule has 2 rings (SSSR count). The van der Waals surface area contributed by atoms with Gasteiger partial charge in [-0.05, 0) is 38.3 Å². The number of piperidine rings is 1. The van der Waals surface area contributed by atoms with Crippen LogP contribution in [0.4, 0.5) is 0 Å². The molecular formula is C15H24N2O4S. The first-order valence-electron chi connectivity index (χ1n) is 7.75. The summed E-state index contributed by atoms with van der Waals surface area (Å²) in [4.78, 5) is 12.4. The van der Waals surface area contributed by atoms with Crippen LogP contribution in [0.2, 0.25) is 0 Å². The summed E-state index contributed by atoms with van der Waals surface area (Å²) in [6, 6.07) is 3.37. The summed E-state index contributed by atoms with van der Waals surface area (Å²) in [5, 5.41) is 2.90. The molecule has 1 aromatic rings. The molecule has 0 spiro atoms. The van der Waals surface area contributed by atoms with Crippen molar-refractivity contribution < 1.29 is 17.6 Å². The fourth-order valence-electron chi connectivity index (χ4n) is 2.74. The fourth-order valence-corrected chi connectivity index (χ4v) is 4.32. The average Bonchev–Trinajstić information content (AvgIpc) is 3.01. The molecule has 22 heavy (non-hydrogen) atoms. The van der Waals surface area contributed by atoms with Crippen molar-refractivity contribution in [3.63, 3.8) is 0 Å². The average molecular weight is 328 g/mol. The summed E-state index contributed by atoms with van der Waals surface area (Å²) in [5.41, 5.74) is 0. The van der Waals surface area contributed by atoms with Gasteiger partial charge in [0.25, 0.3) is 0 Å². The van der Waals surface area contributed by atoms with E-state index < -0.39 is 10.0 Å². The second kappa shape index (κ2) is 7.28. The summed E-state index contributed by atoms with van der Waals surface area (Å²) in [5.74, 6) is 0.433. The zero-order chi connectivity index (χ0) is 16.2. The molecule has 2 heterocycles. The van der Waals surface area contributed by atoms with Gasteiger partial charge in [-0.2, -0.15) is 0 Å². The van der Waals surface area contributed by atoms with E-state index in [0.717, 1.165) is 12.8 Å². The van der Waals surface area contributed by atoms with Crippen molar-refractivity contribution in [3.05, 3.63) is 24.2 Å². The highest BCUT2D eigenvalue weighted by Crippen LogP contribution is 2.21. The van der Waals surface area contributed by atoms with Gasteiger partial charge in [-0.3, -0.25) is 4.79 Å². The molecule has 0 aromatic carbocycles. The number of hydrogen-bond donors (Lipinski definition) is 1. The van der Waals surface area contributed by atoms with Crippen LogP contribution in [0.1, 0.15) is 44.9 Å². The SMILES string of the molecule is CCCS(=O)(=O)N1CCCC(C(=O)NC(C)c2ccco2)C1. The third kappa shape index (κ3) is 4.10. The highest BCUT2D eigenvalue weighted by molar-refractivity contribution is 7.89. The summed E-state index contributed by atoms with van der Waals surface area (Å²) >= 11 is 0. The third-order valence-electron chi connectivity index (χ3n) is 3.94. The van der Waals surface area contributed by atoms with E-state index in [2.05, 4.69) is 5.32 Å². The van der Waals surface area contributed by atoms with Gasteiger partial charge in [0.15, 0.2) is 0 Å². The molecular weight excluding hydrogens is 304 g/mol. The molecule has 1 fully saturated rings. The summed E-state index contributed by atoms with van der Waals surface area (Å²) < 4.78 is 31.0. The molecule has 2 atom stereocenters. The first-order valence-corrected chi connectivity index (χ1v) is 9.36. The van der Waals surface area contributed by atoms with Crippen molar-refractivity contribution in [2.45, 2.75) is 39.2 Å². The van der Waals surface area contributed by atoms with Crippen LogP contribution in [-0.4, -0.2) is 37.5 Å². The Morgan fingerprint density at radius 2 is 2.32 bits per heavy atom. The normalized spacial score (nSPS) is 21.5. The van der Waals surface area contributed by atoms with Gasteiger partial charge in [0.1, 0.15) is 5.76 Å². The zero-order valence-corrected chi connectivity index (χ0v) is 13.9. The van der Waals surface area contributed by atoms with Crippen LogP contribution in [0.5, 0.6) is 0 Å². The molecule has 1 aliphatic heterocycles. The topological polar surface area (TPSA) is 79.6 Å². The Bertz CT molecular complexity index is 583. The molecule has 1 saturated heterocycles. The fraction of sp³-hybridized carbons (Fsp3) is 0.667. The molecule has 6 nitrogen and oxygen atoms in total. The van der Waals surface area contributed by atoms with E-state index in [1.165, 1.54) is 4.31 Å². The molecule has 0 saturated carbocycles. The van der Waals surface area contributed by atoms with Gasteiger partial charge in [0.2, 0.25) is 15.9 Å². The van der Waals surface area contributed by atoms with Crippen LogP contribution < -0.4 is 5.32 Å². The third-order valence-corrected chi connectivity index (χ3v) is 5.98. The van der Waals surface area contributed by atoms with Gasteiger partial charge < -0.3 is 9.73 Å². The zero-order valence-electron chi connectivity index (χ0n) is 13.1. The van der Waals surface area contributed by atoms with E-state index in [0.29, 0.717) is 18.7 Å². The molecule has 1 amide bonds. The number of furan rings is 1. The van der Waals surface area contributed by atoms with Crippen LogP contribution in [0.25, 0.3) is 0 Å². The predicted octanol–water partition coefficient (Wildman–Crippen LogP) is 1.91. The lowest BCUT2D eigenvalue weighted by Gasteiger charge is -2.31. The van der Waals surface area contributed by atoms with E-state index in [1.807, 2.05) is 19.9 Å². The first kappa shape index (κ1) is 17.0. The summed E-state index contributed by atoms with van der Waals surface area (Å²) in [6.45, 7) is 4.49. The Morgan fingerprint density at radius 1 is 1.55 bits per heavy atom. The standard InChI is InChI=1S/C15H24N2O4S/c1-3-10-22(19,20)17-8-4-6-13(11-17)15(18)16-12(2)14-7-5-9-21-14/h5,7,9,12-13H,3-4,6,8,10-11H2,1-2H3,(H,16,18). The molecule has 1 N–H and O–H groups in total. The van der Waals surface area contributed by atoms with Crippen LogP contribution >= 0.6 is 0 Å². The molecule has 0 bridgehead atoms. The summed E-state index contributed by atoms with van der Waals surface area (Å²) in [6.07, 6.45) is 3.59. The van der Waals surface area contributed by atoms with E-state index in [-0.39, 0.29) is 30.2 Å². The molecule has 124 valence electrons. The Hall–Kier alpha value is -1.34. The van der Waals surface area contributed by atoms with Crippen molar-refractivity contribution in [1.29, 1.82) is 0 Å². The van der Waals surface area contributed by atoms with Crippen LogP contribution in [0.3, 0.4) is 0 Å². The highest BCUT2D eigenvalue weighted by Gasteiger charge is 2.32. The molecule has 1 aromatic heterocycles. The Balaban J connectivity index is 1.95. The predicted molar refractivity (Wildman–Crippen MR) is 83.6 cm³/mol. The largest absolute Gasteiger partial charge is 0.467 e. The van der Waals surface area contributed by atoms with E-state index >= 15 is 0 Å². The van der Waals surface area contributed by atoms with Gasteiger partial charge in [0, 0.05) is 13.1 Å². The van der Waals surface area contributed by atoms with Crippen molar-refractivity contribution >= 4 is 15.9 Å². The molecule has 1 aliphatic rings. The lowest BCUT2D eigenvalue weighted by atomic mass is 9.98. The number of nitrogens with one attached hydrogen (secondary N) is 1. The van der Waals surface area contributed by atoms with Crippen LogP contribution in [-0.2, 0) is 14.8 Å². The number of nitrogens with zero attached hydrogens (tertiary/aromatic N) is 1. The van der Waals surface area contributed by atoms with Crippen molar-refractivity contribution in [1.82, 2.24) is 9.62 Å². The highest BCUT2D eigenvalue weighted by atomic mass is 32.2. The number of carbonyl (C=O) groups excluding carboxylic acids is 1. The van der Waals surface area contributed by atoms with E-state index in [1.54, 1.807) is 12.3 Å². The van der Waals surface area contributed by atoms with Crippen molar-refractivity contribution in [3.8, 4) is 0 Å². The number of amides is 1. The maximum atomic E-state index is 12.4. The Labute approximate surface area is 131 Å². The van der Waals surface area contributed by atoms with Gasteiger partial charge in [-0.1, -0.05) is 6.92 Å². The lowest BCUT2D eigenvalue weighted by Crippen LogP contribution is -2.46. The smallest absolute Gasteiger partial charge is 0.225 e. The quantitative estimate of drug-likeness (QED) is 0.865. The van der Waals surface area contributed by atoms with Gasteiger partial charge in [-0.15, -0.1) is 0 Å². The lowest BCUT2D eigenvalue weighted by molar-refractivity contribution is -0.126. The van der Waals surface area contributed by atoms with Gasteiger partial charge in [-0.25, -0.2) is 12.7 Å². The number of rotatable bonds is 6. The molecule has 7 heteroatoms. The Morgan fingerprint density at radius 3 is 2.95 bits per heavy atom. The van der Waals surface area contributed by atoms with E-state index in [4.69, 9.17) is 4.42 Å². The Kier molecular flexibility index (Phi) is 5.63. The second-order valence-corrected chi connectivity index (χ2v) is 7.85. The minimum atomic E-state index is -3.24. The molecule has 0 aliphatic carbocycles. The van der Waals surface area contributed by atoms with Crippen LogP contribution in [0, 0.1) is 5.92 Å². The van der Waals surface area contributed by atoms with Gasteiger partial charge >= 0.3 is 0 Å². The van der Waals surface area contributed by atoms with Crippen LogP contribution in [0.15, 0.2) is 22.8 Å². The minimum absolute atomic E-state index is 0.111. The van der Waals surface area contributed by atoms with Crippen molar-refractivity contribution in [2.24, 2.45) is 5.92 Å². The minimum Gasteiger partial charge on any atom is -0.467 e. The molecule has 2 unspecified atom stereocenters.